The van der Waals surface area contributed by atoms with Gasteiger partial charge in [0.1, 0.15) is 5.75 Å². The fourth-order valence-electron chi connectivity index (χ4n) is 2.10. The molecule has 0 atom stereocenters. The fraction of sp³-hybridized carbons (Fsp3) is 0.176. The van der Waals surface area contributed by atoms with Crippen molar-refractivity contribution < 1.29 is 22.7 Å². The summed E-state index contributed by atoms with van der Waals surface area (Å²) in [5, 5.41) is 2.69. The summed E-state index contributed by atoms with van der Waals surface area (Å²) in [6.45, 7) is 1.12. The van der Waals surface area contributed by atoms with Gasteiger partial charge in [-0.05, 0) is 42.0 Å². The number of hydrogen-bond acceptors (Lipinski definition) is 5. The Balaban J connectivity index is 2.00. The van der Waals surface area contributed by atoms with Crippen molar-refractivity contribution in [1.82, 2.24) is 4.72 Å². The average Bonchev–Trinajstić information content (AvgIpc) is 2.55. The van der Waals surface area contributed by atoms with Crippen LogP contribution in [-0.2, 0) is 26.0 Å². The second-order valence-corrected chi connectivity index (χ2v) is 6.94. The zero-order valence-corrected chi connectivity index (χ0v) is 14.6. The highest BCUT2D eigenvalue weighted by Crippen LogP contribution is 2.15. The molecule has 0 unspecified atom stereocenters. The Labute approximate surface area is 146 Å². The van der Waals surface area contributed by atoms with Gasteiger partial charge in [-0.3, -0.25) is 9.59 Å². The smallest absolute Gasteiger partial charge is 0.264 e. The molecule has 0 aromatic heterocycles. The molecule has 0 aliphatic rings. The third-order valence-corrected chi connectivity index (χ3v) is 4.70. The van der Waals surface area contributed by atoms with E-state index in [4.69, 9.17) is 4.74 Å². The molecule has 0 aliphatic heterocycles. The molecule has 0 saturated carbocycles. The lowest BCUT2D eigenvalue weighted by atomic mass is 10.1. The molecular weight excluding hydrogens is 344 g/mol. The lowest BCUT2D eigenvalue weighted by Gasteiger charge is -2.08. The Hall–Kier alpha value is -2.87. The average molecular weight is 362 g/mol. The summed E-state index contributed by atoms with van der Waals surface area (Å²) < 4.78 is 30.6. The van der Waals surface area contributed by atoms with Gasteiger partial charge in [-0.2, -0.15) is 0 Å². The number of carbonyl (C=O) groups excluding carboxylic acids is 2. The van der Waals surface area contributed by atoms with Gasteiger partial charge in [0.15, 0.2) is 0 Å². The zero-order chi connectivity index (χ0) is 18.4. The Kier molecular flexibility index (Phi) is 5.76. The first-order valence-electron chi connectivity index (χ1n) is 7.36. The second-order valence-electron chi connectivity index (χ2n) is 5.26. The third kappa shape index (κ3) is 5.32. The molecular formula is C17H18N2O5S. The quantitative estimate of drug-likeness (QED) is 0.814. The number of ether oxygens (including phenoxy) is 1. The summed E-state index contributed by atoms with van der Waals surface area (Å²) in [5.74, 6) is -0.195. The molecule has 0 radical (unpaired) electrons. The normalized spacial score (nSPS) is 10.8. The van der Waals surface area contributed by atoms with E-state index in [0.717, 1.165) is 12.5 Å². The molecule has 25 heavy (non-hydrogen) atoms. The van der Waals surface area contributed by atoms with E-state index >= 15 is 0 Å². The Bertz CT molecular complexity index is 859. The van der Waals surface area contributed by atoms with Gasteiger partial charge in [0.25, 0.3) is 10.0 Å². The molecule has 7 nitrogen and oxygen atoms in total. The van der Waals surface area contributed by atoms with Crippen LogP contribution in [0.1, 0.15) is 12.5 Å². The Morgan fingerprint density at radius 1 is 1.00 bits per heavy atom. The predicted molar refractivity (Wildman–Crippen MR) is 92.8 cm³/mol. The zero-order valence-electron chi connectivity index (χ0n) is 13.8. The number of hydrogen-bond donors (Lipinski definition) is 2. The highest BCUT2D eigenvalue weighted by Gasteiger charge is 2.15. The van der Waals surface area contributed by atoms with Crippen molar-refractivity contribution in [1.29, 1.82) is 0 Å². The summed E-state index contributed by atoms with van der Waals surface area (Å²) >= 11 is 0. The minimum Gasteiger partial charge on any atom is -0.497 e. The van der Waals surface area contributed by atoms with Crippen molar-refractivity contribution in [3.63, 3.8) is 0 Å². The predicted octanol–water partition coefficient (Wildman–Crippen LogP) is 1.70. The number of methoxy groups -OCH3 is 1. The number of nitrogens with one attached hydrogen (secondary N) is 2. The van der Waals surface area contributed by atoms with E-state index < -0.39 is 15.9 Å². The number of anilines is 1. The van der Waals surface area contributed by atoms with Gasteiger partial charge < -0.3 is 10.1 Å². The van der Waals surface area contributed by atoms with Crippen molar-refractivity contribution in [3.05, 3.63) is 54.1 Å². The van der Waals surface area contributed by atoms with E-state index in [1.54, 1.807) is 31.4 Å². The van der Waals surface area contributed by atoms with Gasteiger partial charge in [-0.15, -0.1) is 0 Å². The van der Waals surface area contributed by atoms with E-state index in [-0.39, 0.29) is 17.2 Å². The first-order valence-corrected chi connectivity index (χ1v) is 8.85. The standard InChI is InChI=1S/C17H18N2O5S/c1-12(20)19-25(22,23)16-9-5-14(6-10-16)18-17(21)11-13-3-7-15(24-2)8-4-13/h3-10H,11H2,1-2H3,(H,18,21)(H,19,20). The molecule has 0 fully saturated rings. The van der Waals surface area contributed by atoms with Crippen LogP contribution < -0.4 is 14.8 Å². The Morgan fingerprint density at radius 2 is 1.60 bits per heavy atom. The highest BCUT2D eigenvalue weighted by molar-refractivity contribution is 7.90. The summed E-state index contributed by atoms with van der Waals surface area (Å²) in [5.41, 5.74) is 1.28. The molecule has 0 aliphatic carbocycles. The topological polar surface area (TPSA) is 102 Å². The number of rotatable bonds is 6. The summed E-state index contributed by atoms with van der Waals surface area (Å²) in [6.07, 6.45) is 0.177. The van der Waals surface area contributed by atoms with Crippen LogP contribution in [0.3, 0.4) is 0 Å². The van der Waals surface area contributed by atoms with E-state index in [0.29, 0.717) is 11.4 Å². The van der Waals surface area contributed by atoms with Crippen LogP contribution >= 0.6 is 0 Å². The largest absolute Gasteiger partial charge is 0.497 e. The van der Waals surface area contributed by atoms with Crippen LogP contribution in [0.4, 0.5) is 5.69 Å². The van der Waals surface area contributed by atoms with Crippen molar-refractivity contribution >= 4 is 27.5 Å². The van der Waals surface area contributed by atoms with Gasteiger partial charge in [0, 0.05) is 12.6 Å². The van der Waals surface area contributed by atoms with Gasteiger partial charge in [-0.25, -0.2) is 13.1 Å². The van der Waals surface area contributed by atoms with Gasteiger partial charge in [-0.1, -0.05) is 12.1 Å². The van der Waals surface area contributed by atoms with Gasteiger partial charge >= 0.3 is 0 Å². The molecule has 8 heteroatoms. The summed E-state index contributed by atoms with van der Waals surface area (Å²) in [4.78, 5) is 22.9. The van der Waals surface area contributed by atoms with Crippen molar-refractivity contribution in [3.8, 4) is 5.75 Å². The van der Waals surface area contributed by atoms with Crippen LogP contribution in [0.25, 0.3) is 0 Å². The van der Waals surface area contributed by atoms with E-state index in [1.807, 2.05) is 4.72 Å². The fourth-order valence-corrected chi connectivity index (χ4v) is 3.09. The van der Waals surface area contributed by atoms with Crippen LogP contribution in [-0.4, -0.2) is 27.3 Å². The molecule has 0 bridgehead atoms. The minimum absolute atomic E-state index is 0.0594. The molecule has 2 aromatic carbocycles. The maximum Gasteiger partial charge on any atom is 0.264 e. The van der Waals surface area contributed by atoms with Crippen LogP contribution in [0, 0.1) is 0 Å². The van der Waals surface area contributed by atoms with Crippen molar-refractivity contribution in [2.45, 2.75) is 18.2 Å². The minimum atomic E-state index is -3.88. The monoisotopic (exact) mass is 362 g/mol. The maximum absolute atomic E-state index is 12.0. The highest BCUT2D eigenvalue weighted by atomic mass is 32.2. The first kappa shape index (κ1) is 18.5. The van der Waals surface area contributed by atoms with Crippen molar-refractivity contribution in [2.75, 3.05) is 12.4 Å². The molecule has 132 valence electrons. The molecule has 2 aromatic rings. The molecule has 0 heterocycles. The van der Waals surface area contributed by atoms with E-state index in [2.05, 4.69) is 5.32 Å². The van der Waals surface area contributed by atoms with Gasteiger partial charge in [0.2, 0.25) is 11.8 Å². The molecule has 0 saturated heterocycles. The SMILES string of the molecule is COc1ccc(CC(=O)Nc2ccc(S(=O)(=O)NC(C)=O)cc2)cc1. The molecule has 2 amide bonds. The molecule has 2 rings (SSSR count). The van der Waals surface area contributed by atoms with E-state index in [1.165, 1.54) is 24.3 Å². The summed E-state index contributed by atoms with van der Waals surface area (Å²) in [7, 11) is -2.32. The maximum atomic E-state index is 12.0. The number of benzene rings is 2. The molecule has 2 N–H and O–H groups in total. The van der Waals surface area contributed by atoms with Gasteiger partial charge in [0.05, 0.1) is 18.4 Å². The number of carbonyl (C=O) groups is 2. The Morgan fingerprint density at radius 3 is 2.12 bits per heavy atom. The first-order chi connectivity index (χ1) is 11.8. The number of amides is 2. The number of sulfonamides is 1. The van der Waals surface area contributed by atoms with Crippen molar-refractivity contribution in [2.24, 2.45) is 0 Å². The summed E-state index contributed by atoms with van der Waals surface area (Å²) in [6, 6.07) is 12.7. The van der Waals surface area contributed by atoms with Crippen LogP contribution in [0.2, 0.25) is 0 Å². The lowest BCUT2D eigenvalue weighted by molar-refractivity contribution is -0.117. The second kappa shape index (κ2) is 7.80. The third-order valence-electron chi connectivity index (χ3n) is 3.25. The lowest BCUT2D eigenvalue weighted by Crippen LogP contribution is -2.28. The molecule has 0 spiro atoms. The van der Waals surface area contributed by atoms with Crippen LogP contribution in [0.15, 0.2) is 53.4 Å². The van der Waals surface area contributed by atoms with E-state index in [9.17, 15) is 18.0 Å². The van der Waals surface area contributed by atoms with Crippen LogP contribution in [0.5, 0.6) is 5.75 Å².